The molecule has 0 heterocycles. The Labute approximate surface area is 162 Å². The summed E-state index contributed by atoms with van der Waals surface area (Å²) in [6.07, 6.45) is 14.2. The van der Waals surface area contributed by atoms with Crippen molar-refractivity contribution < 1.29 is 8.78 Å². The smallest absolute Gasteiger partial charge is 0.162 e. The zero-order chi connectivity index (χ0) is 18.5. The van der Waals surface area contributed by atoms with Crippen molar-refractivity contribution in [3.63, 3.8) is 0 Å². The molecular weight excluding hydrogens is 350 g/mol. The van der Waals surface area contributed by atoms with E-state index < -0.39 is 11.6 Å². The van der Waals surface area contributed by atoms with Crippen LogP contribution in [-0.2, 0) is 6.42 Å². The van der Waals surface area contributed by atoms with Gasteiger partial charge >= 0.3 is 0 Å². The van der Waals surface area contributed by atoms with Gasteiger partial charge in [-0.1, -0.05) is 42.7 Å². The van der Waals surface area contributed by atoms with Crippen LogP contribution >= 0.6 is 11.6 Å². The monoisotopic (exact) mass is 380 g/mol. The fourth-order valence-electron chi connectivity index (χ4n) is 5.10. The summed E-state index contributed by atoms with van der Waals surface area (Å²) in [6, 6.07) is 3.45. The van der Waals surface area contributed by atoms with Crippen molar-refractivity contribution in [1.82, 2.24) is 0 Å². The fraction of sp³-hybridized carbons (Fsp3) is 0.652. The number of hydrogen-bond acceptors (Lipinski definition) is 0. The second kappa shape index (κ2) is 9.35. The SMILES string of the molecule is Cc1ccc(CCC2CCC(C3CCC(C=CCl)CC3)CC2)c(F)c1F. The normalized spacial score (nSPS) is 30.0. The standard InChI is InChI=1S/C23H31ClF2/c1-16-2-8-21(23(26)22(16)25)13-7-17-3-9-19(10-4-17)20-11-5-18(6-12-20)14-15-24/h2,8,14-15,17-20H,3-7,9-13H2,1H3. The minimum atomic E-state index is -0.675. The molecule has 2 fully saturated rings. The summed E-state index contributed by atoms with van der Waals surface area (Å²) in [6.45, 7) is 1.61. The first-order valence-electron chi connectivity index (χ1n) is 10.3. The number of allylic oxidation sites excluding steroid dienone is 1. The van der Waals surface area contributed by atoms with E-state index in [1.165, 1.54) is 51.4 Å². The Morgan fingerprint density at radius 1 is 0.923 bits per heavy atom. The van der Waals surface area contributed by atoms with E-state index in [0.29, 0.717) is 29.4 Å². The van der Waals surface area contributed by atoms with Crippen LogP contribution in [0.25, 0.3) is 0 Å². The summed E-state index contributed by atoms with van der Waals surface area (Å²) in [5.74, 6) is 1.81. The second-order valence-corrected chi connectivity index (χ2v) is 8.73. The van der Waals surface area contributed by atoms with Crippen LogP contribution in [0.1, 0.15) is 68.9 Å². The molecule has 1 aromatic carbocycles. The zero-order valence-corrected chi connectivity index (χ0v) is 16.6. The van der Waals surface area contributed by atoms with Crippen molar-refractivity contribution in [3.05, 3.63) is 46.5 Å². The summed E-state index contributed by atoms with van der Waals surface area (Å²) >= 11 is 5.71. The van der Waals surface area contributed by atoms with E-state index in [2.05, 4.69) is 6.08 Å². The van der Waals surface area contributed by atoms with Gasteiger partial charge in [0.15, 0.2) is 11.6 Å². The number of aryl methyl sites for hydroxylation is 2. The Kier molecular flexibility index (Phi) is 7.14. The molecule has 2 aliphatic rings. The van der Waals surface area contributed by atoms with Gasteiger partial charge < -0.3 is 0 Å². The lowest BCUT2D eigenvalue weighted by atomic mass is 9.68. The average Bonchev–Trinajstić information content (AvgIpc) is 2.67. The third-order valence-electron chi connectivity index (χ3n) is 6.90. The van der Waals surface area contributed by atoms with Gasteiger partial charge in [-0.25, -0.2) is 8.78 Å². The minimum absolute atomic E-state index is 0.392. The zero-order valence-electron chi connectivity index (χ0n) is 15.8. The highest BCUT2D eigenvalue weighted by molar-refractivity contribution is 6.25. The molecule has 144 valence electrons. The van der Waals surface area contributed by atoms with Crippen molar-refractivity contribution in [1.29, 1.82) is 0 Å². The predicted molar refractivity (Wildman–Crippen MR) is 105 cm³/mol. The molecule has 0 unspecified atom stereocenters. The molecule has 3 heteroatoms. The van der Waals surface area contributed by atoms with Gasteiger partial charge in [0.1, 0.15) is 0 Å². The van der Waals surface area contributed by atoms with E-state index in [4.69, 9.17) is 11.6 Å². The second-order valence-electron chi connectivity index (χ2n) is 8.48. The highest BCUT2D eigenvalue weighted by Crippen LogP contribution is 2.42. The predicted octanol–water partition coefficient (Wildman–Crippen LogP) is 7.57. The summed E-state index contributed by atoms with van der Waals surface area (Å²) in [5, 5.41) is 0. The Morgan fingerprint density at radius 3 is 2.15 bits per heavy atom. The first kappa shape index (κ1) is 19.9. The number of rotatable bonds is 5. The first-order valence-corrected chi connectivity index (χ1v) is 10.7. The molecule has 0 aliphatic heterocycles. The van der Waals surface area contributed by atoms with E-state index in [9.17, 15) is 8.78 Å². The van der Waals surface area contributed by atoms with Gasteiger partial charge in [0.25, 0.3) is 0 Å². The quantitative estimate of drug-likeness (QED) is 0.494. The van der Waals surface area contributed by atoms with Crippen molar-refractivity contribution in [2.24, 2.45) is 23.7 Å². The van der Waals surface area contributed by atoms with Crippen molar-refractivity contribution >= 4 is 11.6 Å². The van der Waals surface area contributed by atoms with Gasteiger partial charge in [-0.3, -0.25) is 0 Å². The van der Waals surface area contributed by atoms with Crippen LogP contribution in [0.5, 0.6) is 0 Å². The minimum Gasteiger partial charge on any atom is -0.203 e. The van der Waals surface area contributed by atoms with E-state index >= 15 is 0 Å². The maximum atomic E-state index is 14.0. The van der Waals surface area contributed by atoms with Crippen LogP contribution in [0.2, 0.25) is 0 Å². The summed E-state index contributed by atoms with van der Waals surface area (Å²) in [7, 11) is 0. The molecule has 2 aliphatic carbocycles. The Morgan fingerprint density at radius 2 is 1.54 bits per heavy atom. The molecule has 1 aromatic rings. The van der Waals surface area contributed by atoms with E-state index in [-0.39, 0.29) is 0 Å². The molecule has 2 saturated carbocycles. The highest BCUT2D eigenvalue weighted by Gasteiger charge is 2.30. The molecule has 3 rings (SSSR count). The molecule has 26 heavy (non-hydrogen) atoms. The van der Waals surface area contributed by atoms with Crippen LogP contribution < -0.4 is 0 Å². The molecule has 0 N–H and O–H groups in total. The lowest BCUT2D eigenvalue weighted by molar-refractivity contribution is 0.152. The molecule has 0 atom stereocenters. The van der Waals surface area contributed by atoms with Gasteiger partial charge in [-0.15, -0.1) is 0 Å². The fourth-order valence-corrected chi connectivity index (χ4v) is 5.30. The van der Waals surface area contributed by atoms with Crippen molar-refractivity contribution in [2.45, 2.75) is 71.1 Å². The van der Waals surface area contributed by atoms with Gasteiger partial charge in [-0.2, -0.15) is 0 Å². The van der Waals surface area contributed by atoms with Crippen LogP contribution in [0.15, 0.2) is 23.7 Å². The molecule has 0 saturated heterocycles. The molecule has 0 bridgehead atoms. The van der Waals surface area contributed by atoms with E-state index in [1.54, 1.807) is 24.6 Å². The molecule has 0 amide bonds. The van der Waals surface area contributed by atoms with Crippen LogP contribution in [-0.4, -0.2) is 0 Å². The largest absolute Gasteiger partial charge is 0.203 e. The summed E-state index contributed by atoms with van der Waals surface area (Å²) < 4.78 is 27.7. The Bertz CT molecular complexity index is 609. The third-order valence-corrected chi connectivity index (χ3v) is 7.04. The molecule has 0 nitrogen and oxygen atoms in total. The van der Waals surface area contributed by atoms with Gasteiger partial charge in [-0.05, 0) is 93.1 Å². The van der Waals surface area contributed by atoms with Crippen molar-refractivity contribution in [2.75, 3.05) is 0 Å². The van der Waals surface area contributed by atoms with Gasteiger partial charge in [0, 0.05) is 5.54 Å². The van der Waals surface area contributed by atoms with E-state index in [0.717, 1.165) is 18.3 Å². The lowest BCUT2D eigenvalue weighted by Crippen LogP contribution is -2.25. The van der Waals surface area contributed by atoms with Crippen LogP contribution in [0.4, 0.5) is 8.78 Å². The first-order chi connectivity index (χ1) is 12.6. The van der Waals surface area contributed by atoms with Crippen LogP contribution in [0.3, 0.4) is 0 Å². The van der Waals surface area contributed by atoms with Crippen LogP contribution in [0, 0.1) is 42.2 Å². The highest BCUT2D eigenvalue weighted by atomic mass is 35.5. The molecule has 0 aromatic heterocycles. The van der Waals surface area contributed by atoms with Gasteiger partial charge in [0.2, 0.25) is 0 Å². The summed E-state index contributed by atoms with van der Waals surface area (Å²) in [5.41, 5.74) is 2.61. The molecular formula is C23H31ClF2. The third kappa shape index (κ3) is 4.88. The maximum Gasteiger partial charge on any atom is 0.162 e. The molecule has 0 spiro atoms. The number of halogens is 3. The van der Waals surface area contributed by atoms with Gasteiger partial charge in [0.05, 0.1) is 0 Å². The Hall–Kier alpha value is -0.890. The van der Waals surface area contributed by atoms with Crippen molar-refractivity contribution in [3.8, 4) is 0 Å². The average molecular weight is 381 g/mol. The maximum absolute atomic E-state index is 14.0. The van der Waals surface area contributed by atoms with E-state index in [1.807, 2.05) is 0 Å². The molecule has 0 radical (unpaired) electrons. The number of hydrogen-bond donors (Lipinski definition) is 0. The lowest BCUT2D eigenvalue weighted by Gasteiger charge is -2.37. The number of benzene rings is 1. The Balaban J connectivity index is 1.42. The summed E-state index contributed by atoms with van der Waals surface area (Å²) in [4.78, 5) is 0. The topological polar surface area (TPSA) is 0 Å².